The number of hydrazone groups is 1. The second-order valence-electron chi connectivity index (χ2n) is 17.3. The largest absolute Gasteiger partial charge is 0.490 e. The second-order valence-corrected chi connectivity index (χ2v) is 17.3. The minimum atomic E-state index is -0.764. The predicted molar refractivity (Wildman–Crippen MR) is 254 cm³/mol. The molecule has 3 heterocycles. The van der Waals surface area contributed by atoms with Crippen molar-refractivity contribution < 1.29 is 23.6 Å². The van der Waals surface area contributed by atoms with Crippen LogP contribution in [0.1, 0.15) is 68.9 Å². The van der Waals surface area contributed by atoms with Crippen LogP contribution in [0.3, 0.4) is 0 Å². The van der Waals surface area contributed by atoms with Crippen molar-refractivity contribution in [1.29, 1.82) is 0 Å². The fraction of sp³-hybridized carbons (Fsp3) is 0.490. The third-order valence-electron chi connectivity index (χ3n) is 12.5. The van der Waals surface area contributed by atoms with E-state index in [0.29, 0.717) is 17.9 Å². The smallest absolute Gasteiger partial charge is 0.242 e. The molecule has 1 atom stereocenters. The molecule has 1 saturated carbocycles. The number of likely N-dealkylation sites (N-methyl/N-ethyl adjacent to an activating group) is 1. The van der Waals surface area contributed by atoms with E-state index in [1.54, 1.807) is 0 Å². The molecule has 15 heteroatoms. The van der Waals surface area contributed by atoms with Gasteiger partial charge in [-0.05, 0) is 93.6 Å². The number of likely N-dealkylation sites (tertiary alicyclic amines) is 1. The summed E-state index contributed by atoms with van der Waals surface area (Å²) in [7, 11) is 7.46. The van der Waals surface area contributed by atoms with Crippen molar-refractivity contribution in [3.05, 3.63) is 71.8 Å². The number of nitrogens with zero attached hydrogens (tertiary/aromatic N) is 7. The maximum Gasteiger partial charge on any atom is 0.242 e. The van der Waals surface area contributed by atoms with Crippen molar-refractivity contribution >= 4 is 46.7 Å². The summed E-state index contributed by atoms with van der Waals surface area (Å²) in [5.41, 5.74) is 10.5. The van der Waals surface area contributed by atoms with Crippen molar-refractivity contribution in [3.8, 4) is 28.9 Å². The minimum absolute atomic E-state index is 0.193. The first-order valence-corrected chi connectivity index (χ1v) is 22.6. The van der Waals surface area contributed by atoms with Gasteiger partial charge in [-0.1, -0.05) is 48.4 Å². The molecular weight excluding hydrogens is 809 g/mol. The van der Waals surface area contributed by atoms with Crippen LogP contribution in [0, 0.1) is 17.8 Å². The second kappa shape index (κ2) is 23.7. The van der Waals surface area contributed by atoms with Crippen molar-refractivity contribution in [2.24, 2.45) is 22.6 Å². The number of ether oxygens (including phenoxy) is 1. The number of piperazine rings is 1. The molecular formula is C49H66N10O5. The number of hydrogen-bond acceptors (Lipinski definition) is 12. The number of aromatic nitrogens is 1. The van der Waals surface area contributed by atoms with E-state index in [1.165, 1.54) is 50.6 Å². The lowest BCUT2D eigenvalue weighted by molar-refractivity contribution is -0.123. The van der Waals surface area contributed by atoms with E-state index < -0.39 is 6.04 Å². The Balaban J connectivity index is 0.000000222. The summed E-state index contributed by atoms with van der Waals surface area (Å²) < 4.78 is 11.8. The first-order chi connectivity index (χ1) is 31.1. The van der Waals surface area contributed by atoms with Crippen LogP contribution < -0.4 is 31.4 Å². The number of aldehydes is 1. The zero-order valence-electron chi connectivity index (χ0n) is 38.0. The van der Waals surface area contributed by atoms with E-state index in [1.807, 2.05) is 79.7 Å². The number of fused-ring (bicyclic) bond motifs is 1. The molecule has 3 aromatic carbocycles. The molecule has 7 rings (SSSR count). The molecule has 342 valence electrons. The van der Waals surface area contributed by atoms with Crippen LogP contribution in [-0.4, -0.2) is 137 Å². The Hall–Kier alpha value is -5.95. The summed E-state index contributed by atoms with van der Waals surface area (Å²) in [6, 6.07) is 18.4. The van der Waals surface area contributed by atoms with Crippen LogP contribution in [0.15, 0.2) is 70.3 Å². The fourth-order valence-corrected chi connectivity index (χ4v) is 8.77. The van der Waals surface area contributed by atoms with Gasteiger partial charge in [0.25, 0.3) is 0 Å². The first kappa shape index (κ1) is 47.5. The van der Waals surface area contributed by atoms with Gasteiger partial charge in [-0.25, -0.2) is 0 Å². The molecule has 3 aliphatic rings. The number of amides is 2. The maximum atomic E-state index is 12.5. The third kappa shape index (κ3) is 12.8. The van der Waals surface area contributed by atoms with Crippen LogP contribution in [0.4, 0.5) is 11.4 Å². The molecule has 2 saturated heterocycles. The van der Waals surface area contributed by atoms with Crippen molar-refractivity contribution in [2.75, 3.05) is 90.3 Å². The summed E-state index contributed by atoms with van der Waals surface area (Å²) in [5.74, 6) is 14.3. The number of nitrogens with two attached hydrogens (primary N) is 2. The molecule has 5 N–H and O–H groups in total. The zero-order chi connectivity index (χ0) is 45.4. The van der Waals surface area contributed by atoms with E-state index in [2.05, 4.69) is 49.2 Å². The number of hydrogen-bond donors (Lipinski definition) is 3. The highest BCUT2D eigenvalue weighted by molar-refractivity contribution is 6.02. The van der Waals surface area contributed by atoms with Crippen LogP contribution >= 0.6 is 0 Å². The summed E-state index contributed by atoms with van der Waals surface area (Å²) in [4.78, 5) is 46.2. The van der Waals surface area contributed by atoms with E-state index in [9.17, 15) is 14.4 Å². The predicted octanol–water partition coefficient (Wildman–Crippen LogP) is 4.91. The molecule has 2 aliphatic heterocycles. The lowest BCUT2D eigenvalue weighted by atomic mass is 9.89. The SMILES string of the molecule is CN1CCC(Oc2cccc(-c3onc4ccc(/C(N)=N/N)cc34)c2)CC1.CNC(=O)C(CCC=O)N(C=O)c1ccc(C#CCN2CCN(CC3CCCCC3)CC2)cc1N(C)C. The molecule has 0 spiro atoms. The Bertz CT molecular complexity index is 2240. The van der Waals surface area contributed by atoms with Gasteiger partial charge < -0.3 is 50.5 Å². The van der Waals surface area contributed by atoms with Crippen LogP contribution in [0.2, 0.25) is 0 Å². The van der Waals surface area contributed by atoms with Crippen LogP contribution in [0.5, 0.6) is 5.75 Å². The van der Waals surface area contributed by atoms with Gasteiger partial charge in [-0.3, -0.25) is 14.5 Å². The van der Waals surface area contributed by atoms with Gasteiger partial charge in [0.2, 0.25) is 12.3 Å². The zero-order valence-corrected chi connectivity index (χ0v) is 38.0. The molecule has 64 heavy (non-hydrogen) atoms. The van der Waals surface area contributed by atoms with Crippen LogP contribution in [0.25, 0.3) is 22.2 Å². The molecule has 1 aromatic heterocycles. The van der Waals surface area contributed by atoms with E-state index in [0.717, 1.165) is 110 Å². The van der Waals surface area contributed by atoms with Gasteiger partial charge in [0, 0.05) is 90.1 Å². The highest BCUT2D eigenvalue weighted by atomic mass is 16.5. The number of carbonyl (C=O) groups is 3. The standard InChI is InChI=1S/C29H43N5O3.C20H23N5O2/c1-30-29(37)27(12-8-20-35)34(23-36)26-14-13-24(21-28(26)31(2)3)11-7-15-32-16-18-33(19-17-32)22-25-9-5-4-6-10-25;1-25-9-7-15(8-10-25)26-16-4-2-3-13(11-16)19-17-12-14(20(21)23-22)5-6-18(17)24-27-19/h13-14,20-21,23,25,27H,4-6,8-10,12,15-19,22H2,1-3H3,(H,30,37);2-6,11-12,15H,7-10,22H2,1H3,(H2,21,23). The molecule has 1 aliphatic carbocycles. The monoisotopic (exact) mass is 875 g/mol. The van der Waals surface area contributed by atoms with E-state index in [-0.39, 0.29) is 30.7 Å². The van der Waals surface area contributed by atoms with Gasteiger partial charge in [-0.15, -0.1) is 0 Å². The molecule has 0 bridgehead atoms. The van der Waals surface area contributed by atoms with Gasteiger partial charge in [0.05, 0.1) is 23.3 Å². The number of amidine groups is 1. The maximum absolute atomic E-state index is 12.5. The van der Waals surface area contributed by atoms with Crippen molar-refractivity contribution in [1.82, 2.24) is 25.2 Å². The summed E-state index contributed by atoms with van der Waals surface area (Å²) >= 11 is 0. The summed E-state index contributed by atoms with van der Waals surface area (Å²) in [6.07, 6.45) is 11.2. The first-order valence-electron chi connectivity index (χ1n) is 22.6. The highest BCUT2D eigenvalue weighted by Gasteiger charge is 2.28. The molecule has 3 fully saturated rings. The Labute approximate surface area is 378 Å². The molecule has 0 radical (unpaired) electrons. The Morgan fingerprint density at radius 2 is 1.72 bits per heavy atom. The van der Waals surface area contributed by atoms with Crippen molar-refractivity contribution in [2.45, 2.75) is 69.9 Å². The van der Waals surface area contributed by atoms with E-state index in [4.69, 9.17) is 20.8 Å². The topological polar surface area (TPSA) is 179 Å². The lowest BCUT2D eigenvalue weighted by Crippen LogP contribution is -2.47. The van der Waals surface area contributed by atoms with E-state index >= 15 is 0 Å². The van der Waals surface area contributed by atoms with Gasteiger partial charge >= 0.3 is 0 Å². The fourth-order valence-electron chi connectivity index (χ4n) is 8.77. The normalized spacial score (nSPS) is 17.3. The molecule has 15 nitrogen and oxygen atoms in total. The number of piperidine rings is 1. The number of carbonyl (C=O) groups excluding carboxylic acids is 3. The van der Waals surface area contributed by atoms with Gasteiger partial charge in [0.1, 0.15) is 35.5 Å². The Morgan fingerprint density at radius 1 is 0.969 bits per heavy atom. The Kier molecular flexibility index (Phi) is 17.6. The molecule has 1 unspecified atom stereocenters. The molecule has 2 amide bonds. The average Bonchev–Trinajstić information content (AvgIpc) is 3.75. The third-order valence-corrected chi connectivity index (χ3v) is 12.5. The lowest BCUT2D eigenvalue weighted by Gasteiger charge is -2.36. The average molecular weight is 875 g/mol. The van der Waals surface area contributed by atoms with Crippen LogP contribution in [-0.2, 0) is 14.4 Å². The quantitative estimate of drug-likeness (QED) is 0.0368. The Morgan fingerprint density at radius 3 is 2.41 bits per heavy atom. The molecule has 4 aromatic rings. The highest BCUT2D eigenvalue weighted by Crippen LogP contribution is 2.33. The number of anilines is 2. The summed E-state index contributed by atoms with van der Waals surface area (Å²) in [6.45, 7) is 8.46. The summed E-state index contributed by atoms with van der Waals surface area (Å²) in [5, 5.41) is 11.2. The van der Waals surface area contributed by atoms with Crippen molar-refractivity contribution in [3.63, 3.8) is 0 Å². The number of nitrogens with one attached hydrogen (secondary N) is 1. The van der Waals surface area contributed by atoms with Gasteiger partial charge in [-0.2, -0.15) is 5.10 Å². The minimum Gasteiger partial charge on any atom is -0.490 e. The number of rotatable bonds is 15. The van der Waals surface area contributed by atoms with Gasteiger partial charge in [0.15, 0.2) is 5.76 Å². The number of benzene rings is 3.